The fourth-order valence-electron chi connectivity index (χ4n) is 2.39. The number of rotatable bonds is 2. The zero-order valence-corrected chi connectivity index (χ0v) is 11.2. The normalized spacial score (nSPS) is 20.8. The van der Waals surface area contributed by atoms with Crippen LogP contribution in [-0.4, -0.2) is 44.2 Å². The van der Waals surface area contributed by atoms with Gasteiger partial charge in [0.15, 0.2) is 0 Å². The second-order valence-electron chi connectivity index (χ2n) is 4.59. The monoisotopic (exact) mass is 264 g/mol. The van der Waals surface area contributed by atoms with E-state index in [0.29, 0.717) is 17.1 Å². The van der Waals surface area contributed by atoms with E-state index in [1.54, 1.807) is 6.07 Å². The predicted molar refractivity (Wildman–Crippen MR) is 73.9 cm³/mol. The number of hydrogen-bond donors (Lipinski definition) is 1. The third kappa shape index (κ3) is 2.44. The first-order valence-electron chi connectivity index (χ1n) is 6.01. The smallest absolute Gasteiger partial charge is 0.103 e. The molecule has 0 radical (unpaired) electrons. The molecule has 1 saturated heterocycles. The molecule has 5 heteroatoms. The number of anilines is 1. The van der Waals surface area contributed by atoms with Crippen LogP contribution in [0.4, 0.5) is 5.69 Å². The highest BCUT2D eigenvalue weighted by atomic mass is 35.5. The van der Waals surface area contributed by atoms with Crippen LogP contribution >= 0.6 is 11.6 Å². The Morgan fingerprint density at radius 2 is 2.28 bits per heavy atom. The second kappa shape index (κ2) is 5.57. The van der Waals surface area contributed by atoms with E-state index in [-0.39, 0.29) is 6.04 Å². The average Bonchev–Trinajstić information content (AvgIpc) is 2.38. The van der Waals surface area contributed by atoms with E-state index in [1.807, 2.05) is 12.1 Å². The van der Waals surface area contributed by atoms with Crippen LogP contribution in [0.2, 0.25) is 5.02 Å². The highest BCUT2D eigenvalue weighted by Gasteiger charge is 2.26. The van der Waals surface area contributed by atoms with E-state index in [4.69, 9.17) is 17.3 Å². The Balaban J connectivity index is 2.36. The summed E-state index contributed by atoms with van der Waals surface area (Å²) in [6.07, 6.45) is 0. The lowest BCUT2D eigenvalue weighted by molar-refractivity contribution is 0.269. The van der Waals surface area contributed by atoms with E-state index >= 15 is 0 Å². The van der Waals surface area contributed by atoms with Gasteiger partial charge in [-0.05, 0) is 19.2 Å². The fraction of sp³-hybridized carbons (Fsp3) is 0.462. The van der Waals surface area contributed by atoms with Crippen molar-refractivity contribution in [3.63, 3.8) is 0 Å². The van der Waals surface area contributed by atoms with Crippen molar-refractivity contribution in [2.75, 3.05) is 38.1 Å². The van der Waals surface area contributed by atoms with Crippen molar-refractivity contribution in [1.82, 2.24) is 4.90 Å². The summed E-state index contributed by atoms with van der Waals surface area (Å²) in [6, 6.07) is 7.99. The van der Waals surface area contributed by atoms with Gasteiger partial charge in [-0.2, -0.15) is 5.26 Å². The summed E-state index contributed by atoms with van der Waals surface area (Å²) in [6.45, 7) is 3.32. The number of hydrogen-bond acceptors (Lipinski definition) is 4. The predicted octanol–water partition coefficient (Wildman–Crippen LogP) is 1.29. The van der Waals surface area contributed by atoms with Crippen LogP contribution in [0.15, 0.2) is 18.2 Å². The van der Waals surface area contributed by atoms with E-state index in [1.165, 1.54) is 0 Å². The lowest BCUT2D eigenvalue weighted by Crippen LogP contribution is -2.55. The first-order valence-corrected chi connectivity index (χ1v) is 6.39. The van der Waals surface area contributed by atoms with E-state index < -0.39 is 0 Å². The quantitative estimate of drug-likeness (QED) is 0.875. The third-order valence-electron chi connectivity index (χ3n) is 3.37. The number of nitrogens with two attached hydrogens (primary N) is 1. The van der Waals surface area contributed by atoms with Crippen molar-refractivity contribution in [3.05, 3.63) is 28.8 Å². The molecule has 2 N–H and O–H groups in total. The molecule has 0 aromatic heterocycles. The van der Waals surface area contributed by atoms with Crippen LogP contribution in [0, 0.1) is 11.3 Å². The lowest BCUT2D eigenvalue weighted by Gasteiger charge is -2.41. The fourth-order valence-corrected chi connectivity index (χ4v) is 2.60. The van der Waals surface area contributed by atoms with Gasteiger partial charge in [0.05, 0.1) is 22.3 Å². The molecule has 96 valence electrons. The van der Waals surface area contributed by atoms with Crippen molar-refractivity contribution in [3.8, 4) is 6.07 Å². The standard InChI is InChI=1S/C13H17ClN4/c1-17-5-6-18(10(7-15)9-17)13-4-2-3-12(14)11(13)8-16/h2-4,10H,5-7,9,15H2,1H3. The molecule has 1 aromatic rings. The third-order valence-corrected chi connectivity index (χ3v) is 3.69. The van der Waals surface area contributed by atoms with Gasteiger partial charge in [0.2, 0.25) is 0 Å². The molecule has 0 aliphatic carbocycles. The minimum absolute atomic E-state index is 0.231. The van der Waals surface area contributed by atoms with Gasteiger partial charge in [0.25, 0.3) is 0 Å². The van der Waals surface area contributed by atoms with Crippen LogP contribution < -0.4 is 10.6 Å². The van der Waals surface area contributed by atoms with Crippen LogP contribution in [0.1, 0.15) is 5.56 Å². The molecule has 18 heavy (non-hydrogen) atoms. The van der Waals surface area contributed by atoms with Crippen molar-refractivity contribution in [2.45, 2.75) is 6.04 Å². The van der Waals surface area contributed by atoms with Gasteiger partial charge < -0.3 is 15.5 Å². The minimum Gasteiger partial charge on any atom is -0.364 e. The van der Waals surface area contributed by atoms with Gasteiger partial charge in [-0.15, -0.1) is 0 Å². The zero-order chi connectivity index (χ0) is 13.1. The SMILES string of the molecule is CN1CCN(c2cccc(Cl)c2C#N)C(CN)C1. The van der Waals surface area contributed by atoms with E-state index in [2.05, 4.69) is 22.9 Å². The van der Waals surface area contributed by atoms with Crippen molar-refractivity contribution < 1.29 is 0 Å². The maximum Gasteiger partial charge on any atom is 0.103 e. The molecule has 0 spiro atoms. The number of likely N-dealkylation sites (N-methyl/N-ethyl adjacent to an activating group) is 1. The molecule has 0 amide bonds. The number of piperazine rings is 1. The molecule has 0 bridgehead atoms. The Morgan fingerprint density at radius 3 is 2.94 bits per heavy atom. The summed E-state index contributed by atoms with van der Waals surface area (Å²) in [5.74, 6) is 0. The van der Waals surface area contributed by atoms with Gasteiger partial charge in [0.1, 0.15) is 6.07 Å². The summed E-state index contributed by atoms with van der Waals surface area (Å²) in [5.41, 5.74) is 7.28. The van der Waals surface area contributed by atoms with E-state index in [0.717, 1.165) is 25.3 Å². The Labute approximate surface area is 113 Å². The molecule has 1 heterocycles. The number of nitriles is 1. The number of benzene rings is 1. The van der Waals surface area contributed by atoms with Gasteiger partial charge in [0, 0.05) is 26.2 Å². The summed E-state index contributed by atoms with van der Waals surface area (Å²) < 4.78 is 0. The lowest BCUT2D eigenvalue weighted by atomic mass is 10.1. The molecule has 0 saturated carbocycles. The van der Waals surface area contributed by atoms with Gasteiger partial charge in [-0.1, -0.05) is 17.7 Å². The maximum atomic E-state index is 9.24. The van der Waals surface area contributed by atoms with E-state index in [9.17, 15) is 5.26 Å². The molecule has 1 aliphatic rings. The molecule has 2 rings (SSSR count). The summed E-state index contributed by atoms with van der Waals surface area (Å²) >= 11 is 6.08. The van der Waals surface area contributed by atoms with Crippen LogP contribution in [0.5, 0.6) is 0 Å². The summed E-state index contributed by atoms with van der Waals surface area (Å²) in [5, 5.41) is 9.74. The first-order chi connectivity index (χ1) is 8.67. The van der Waals surface area contributed by atoms with Crippen LogP contribution in [-0.2, 0) is 0 Å². The molecule has 1 unspecified atom stereocenters. The topological polar surface area (TPSA) is 56.3 Å². The Hall–Kier alpha value is -1.28. The molecular weight excluding hydrogens is 248 g/mol. The summed E-state index contributed by atoms with van der Waals surface area (Å²) in [7, 11) is 2.09. The first kappa shape index (κ1) is 13.2. The molecule has 4 nitrogen and oxygen atoms in total. The summed E-state index contributed by atoms with van der Waals surface area (Å²) in [4.78, 5) is 4.45. The molecule has 1 aromatic carbocycles. The highest BCUT2D eigenvalue weighted by Crippen LogP contribution is 2.29. The van der Waals surface area contributed by atoms with Crippen molar-refractivity contribution >= 4 is 17.3 Å². The molecule has 1 atom stereocenters. The van der Waals surface area contributed by atoms with Gasteiger partial charge in [-0.25, -0.2) is 0 Å². The number of halogens is 1. The average molecular weight is 265 g/mol. The molecular formula is C13H17ClN4. The Morgan fingerprint density at radius 1 is 1.50 bits per heavy atom. The highest BCUT2D eigenvalue weighted by molar-refractivity contribution is 6.32. The molecule has 1 aliphatic heterocycles. The van der Waals surface area contributed by atoms with Crippen LogP contribution in [0.3, 0.4) is 0 Å². The van der Waals surface area contributed by atoms with Gasteiger partial charge in [-0.3, -0.25) is 0 Å². The maximum absolute atomic E-state index is 9.24. The Bertz CT molecular complexity index is 469. The number of nitrogens with zero attached hydrogens (tertiary/aromatic N) is 3. The van der Waals surface area contributed by atoms with Crippen LogP contribution in [0.25, 0.3) is 0 Å². The van der Waals surface area contributed by atoms with Gasteiger partial charge >= 0.3 is 0 Å². The van der Waals surface area contributed by atoms with Crippen molar-refractivity contribution in [2.24, 2.45) is 5.73 Å². The minimum atomic E-state index is 0.231. The molecule has 1 fully saturated rings. The largest absolute Gasteiger partial charge is 0.364 e. The van der Waals surface area contributed by atoms with Crippen molar-refractivity contribution in [1.29, 1.82) is 5.26 Å². The zero-order valence-electron chi connectivity index (χ0n) is 10.4. The Kier molecular flexibility index (Phi) is 4.07. The second-order valence-corrected chi connectivity index (χ2v) is 5.00.